The minimum absolute atomic E-state index is 0.100. The van der Waals surface area contributed by atoms with Crippen molar-refractivity contribution in [1.82, 2.24) is 4.57 Å². The number of benzene rings is 3. The highest BCUT2D eigenvalue weighted by atomic mass is 35.5. The SMILES string of the molecule is CCn1c2ccccc2c2cc(C(=O)c3ccc(Cl)cc3Cl)ccc21. The molecule has 4 rings (SSSR count). The summed E-state index contributed by atoms with van der Waals surface area (Å²) in [4.78, 5) is 12.9. The molecule has 0 bridgehead atoms. The summed E-state index contributed by atoms with van der Waals surface area (Å²) in [6, 6.07) is 19.0. The minimum Gasteiger partial charge on any atom is -0.341 e. The smallest absolute Gasteiger partial charge is 0.194 e. The Morgan fingerprint density at radius 1 is 0.920 bits per heavy atom. The van der Waals surface area contributed by atoms with E-state index in [1.165, 1.54) is 5.52 Å². The summed E-state index contributed by atoms with van der Waals surface area (Å²) >= 11 is 12.1. The highest BCUT2D eigenvalue weighted by Crippen LogP contribution is 2.31. The first kappa shape index (κ1) is 16.2. The van der Waals surface area contributed by atoms with E-state index in [4.69, 9.17) is 23.2 Å². The van der Waals surface area contributed by atoms with Crippen molar-refractivity contribution in [3.05, 3.63) is 81.8 Å². The lowest BCUT2D eigenvalue weighted by atomic mass is 10.0. The van der Waals surface area contributed by atoms with Crippen LogP contribution in [0.2, 0.25) is 10.0 Å². The fraction of sp³-hybridized carbons (Fsp3) is 0.0952. The molecule has 3 aromatic carbocycles. The van der Waals surface area contributed by atoms with E-state index in [0.29, 0.717) is 21.2 Å². The zero-order chi connectivity index (χ0) is 17.6. The van der Waals surface area contributed by atoms with Crippen LogP contribution >= 0.6 is 23.2 Å². The Balaban J connectivity index is 1.92. The van der Waals surface area contributed by atoms with Crippen molar-refractivity contribution in [2.24, 2.45) is 0 Å². The zero-order valence-electron chi connectivity index (χ0n) is 13.6. The Labute approximate surface area is 155 Å². The van der Waals surface area contributed by atoms with Crippen LogP contribution in [0.3, 0.4) is 0 Å². The Bertz CT molecular complexity index is 1130. The summed E-state index contributed by atoms with van der Waals surface area (Å²) in [7, 11) is 0. The normalized spacial score (nSPS) is 11.3. The summed E-state index contributed by atoms with van der Waals surface area (Å²) in [5.41, 5.74) is 3.39. The molecule has 0 aliphatic carbocycles. The van der Waals surface area contributed by atoms with Gasteiger partial charge in [-0.1, -0.05) is 41.4 Å². The first-order chi connectivity index (χ1) is 12.1. The molecule has 0 saturated heterocycles. The molecule has 0 aliphatic heterocycles. The maximum atomic E-state index is 12.9. The molecule has 2 nitrogen and oxygen atoms in total. The van der Waals surface area contributed by atoms with Crippen molar-refractivity contribution < 1.29 is 4.79 Å². The lowest BCUT2D eigenvalue weighted by Crippen LogP contribution is -2.02. The van der Waals surface area contributed by atoms with E-state index in [-0.39, 0.29) is 5.78 Å². The molecule has 4 aromatic rings. The monoisotopic (exact) mass is 367 g/mol. The molecule has 0 amide bonds. The van der Waals surface area contributed by atoms with Crippen LogP contribution in [-0.2, 0) is 6.54 Å². The molecule has 0 atom stereocenters. The standard InChI is InChI=1S/C21H15Cl2NO/c1-2-24-19-6-4-3-5-15(19)17-11-13(7-10-20(17)24)21(25)16-9-8-14(22)12-18(16)23/h3-12H,2H2,1H3. The first-order valence-electron chi connectivity index (χ1n) is 8.11. The molecule has 0 aliphatic rings. The summed E-state index contributed by atoms with van der Waals surface area (Å²) < 4.78 is 2.26. The quantitative estimate of drug-likeness (QED) is 0.386. The molecular formula is C21H15Cl2NO. The molecule has 1 heterocycles. The number of aryl methyl sites for hydroxylation is 1. The van der Waals surface area contributed by atoms with Crippen LogP contribution in [0.4, 0.5) is 0 Å². The van der Waals surface area contributed by atoms with Crippen molar-refractivity contribution >= 4 is 50.8 Å². The van der Waals surface area contributed by atoms with Gasteiger partial charge >= 0.3 is 0 Å². The van der Waals surface area contributed by atoms with Crippen LogP contribution in [0, 0.1) is 0 Å². The highest BCUT2D eigenvalue weighted by molar-refractivity contribution is 6.37. The van der Waals surface area contributed by atoms with Crippen LogP contribution in [0.25, 0.3) is 21.8 Å². The summed E-state index contributed by atoms with van der Waals surface area (Å²) in [5, 5.41) is 3.11. The van der Waals surface area contributed by atoms with Gasteiger partial charge in [-0.15, -0.1) is 0 Å². The predicted molar refractivity (Wildman–Crippen MR) is 105 cm³/mol. The number of halogens is 2. The lowest BCUT2D eigenvalue weighted by Gasteiger charge is -2.06. The van der Waals surface area contributed by atoms with Gasteiger partial charge in [-0.05, 0) is 49.4 Å². The largest absolute Gasteiger partial charge is 0.341 e. The molecule has 124 valence electrons. The van der Waals surface area contributed by atoms with Crippen LogP contribution in [0.5, 0.6) is 0 Å². The molecule has 0 N–H and O–H groups in total. The van der Waals surface area contributed by atoms with E-state index in [0.717, 1.165) is 22.8 Å². The second-order valence-corrected chi connectivity index (χ2v) is 6.79. The van der Waals surface area contributed by atoms with Gasteiger partial charge in [0.2, 0.25) is 0 Å². The third-order valence-electron chi connectivity index (χ3n) is 4.53. The maximum absolute atomic E-state index is 12.9. The van der Waals surface area contributed by atoms with Gasteiger partial charge < -0.3 is 4.57 Å². The van der Waals surface area contributed by atoms with Crippen LogP contribution in [0.1, 0.15) is 22.8 Å². The zero-order valence-corrected chi connectivity index (χ0v) is 15.1. The second kappa shape index (κ2) is 6.21. The van der Waals surface area contributed by atoms with Gasteiger partial charge in [0.15, 0.2) is 5.78 Å². The van der Waals surface area contributed by atoms with Crippen molar-refractivity contribution in [3.8, 4) is 0 Å². The molecule has 4 heteroatoms. The topological polar surface area (TPSA) is 22.0 Å². The highest BCUT2D eigenvalue weighted by Gasteiger charge is 2.16. The Hall–Kier alpha value is -2.29. The number of hydrogen-bond donors (Lipinski definition) is 0. The molecule has 0 radical (unpaired) electrons. The molecule has 0 saturated carbocycles. The van der Waals surface area contributed by atoms with E-state index in [1.54, 1.807) is 18.2 Å². The van der Waals surface area contributed by atoms with Crippen LogP contribution in [0.15, 0.2) is 60.7 Å². The number of carbonyl (C=O) groups is 1. The number of fused-ring (bicyclic) bond motifs is 3. The van der Waals surface area contributed by atoms with E-state index < -0.39 is 0 Å². The van der Waals surface area contributed by atoms with Gasteiger partial charge in [0.25, 0.3) is 0 Å². The minimum atomic E-state index is -0.100. The molecule has 0 unspecified atom stereocenters. The molecule has 1 aromatic heterocycles. The summed E-state index contributed by atoms with van der Waals surface area (Å²) in [5.74, 6) is -0.100. The number of ketones is 1. The Kier molecular flexibility index (Phi) is 4.03. The number of rotatable bonds is 3. The number of nitrogens with zero attached hydrogens (tertiary/aromatic N) is 1. The molecular weight excluding hydrogens is 353 g/mol. The Morgan fingerprint density at radius 2 is 1.68 bits per heavy atom. The van der Waals surface area contributed by atoms with Crippen LogP contribution < -0.4 is 0 Å². The number of hydrogen-bond acceptors (Lipinski definition) is 1. The molecule has 0 spiro atoms. The fourth-order valence-electron chi connectivity index (χ4n) is 3.36. The maximum Gasteiger partial charge on any atom is 0.194 e. The number of aromatic nitrogens is 1. The van der Waals surface area contributed by atoms with Gasteiger partial charge in [0.1, 0.15) is 0 Å². The number of para-hydroxylation sites is 1. The second-order valence-electron chi connectivity index (χ2n) is 5.95. The van der Waals surface area contributed by atoms with Crippen molar-refractivity contribution in [2.75, 3.05) is 0 Å². The third kappa shape index (κ3) is 2.62. The van der Waals surface area contributed by atoms with Gasteiger partial charge in [-0.25, -0.2) is 0 Å². The van der Waals surface area contributed by atoms with Crippen molar-refractivity contribution in [3.63, 3.8) is 0 Å². The van der Waals surface area contributed by atoms with Crippen molar-refractivity contribution in [1.29, 1.82) is 0 Å². The van der Waals surface area contributed by atoms with Gasteiger partial charge in [-0.2, -0.15) is 0 Å². The average Bonchev–Trinajstić information content (AvgIpc) is 2.94. The van der Waals surface area contributed by atoms with Crippen molar-refractivity contribution in [2.45, 2.75) is 13.5 Å². The fourth-order valence-corrected chi connectivity index (χ4v) is 3.86. The van der Waals surface area contributed by atoms with Gasteiger partial charge in [0.05, 0.1) is 5.02 Å². The van der Waals surface area contributed by atoms with Gasteiger partial charge in [-0.3, -0.25) is 4.79 Å². The van der Waals surface area contributed by atoms with E-state index in [9.17, 15) is 4.79 Å². The molecule has 25 heavy (non-hydrogen) atoms. The third-order valence-corrected chi connectivity index (χ3v) is 5.07. The lowest BCUT2D eigenvalue weighted by molar-refractivity contribution is 0.103. The first-order valence-corrected chi connectivity index (χ1v) is 8.86. The Morgan fingerprint density at radius 3 is 2.44 bits per heavy atom. The van der Waals surface area contributed by atoms with E-state index in [2.05, 4.69) is 23.6 Å². The van der Waals surface area contributed by atoms with E-state index >= 15 is 0 Å². The summed E-state index contributed by atoms with van der Waals surface area (Å²) in [6.07, 6.45) is 0. The average molecular weight is 368 g/mol. The predicted octanol–water partition coefficient (Wildman–Crippen LogP) is 6.35. The van der Waals surface area contributed by atoms with E-state index in [1.807, 2.05) is 30.3 Å². The molecule has 0 fully saturated rings. The van der Waals surface area contributed by atoms with Gasteiger partial charge in [0, 0.05) is 44.5 Å². The number of carbonyl (C=O) groups excluding carboxylic acids is 1. The summed E-state index contributed by atoms with van der Waals surface area (Å²) in [6.45, 7) is 3.00. The van der Waals surface area contributed by atoms with Crippen LogP contribution in [-0.4, -0.2) is 10.4 Å².